The number of carbonyl (C=O) groups is 1. The molecule has 0 aromatic carbocycles. The molecule has 2 N–H and O–H groups in total. The lowest BCUT2D eigenvalue weighted by atomic mass is 10.6. The zero-order valence-electron chi connectivity index (χ0n) is 7.03. The third-order valence-corrected chi connectivity index (χ3v) is 1.18. The van der Waals surface area contributed by atoms with Gasteiger partial charge in [0.25, 0.3) is 5.56 Å². The van der Waals surface area contributed by atoms with E-state index in [2.05, 4.69) is 20.0 Å². The fourth-order valence-corrected chi connectivity index (χ4v) is 0.682. The lowest BCUT2D eigenvalue weighted by Crippen LogP contribution is -2.16. The lowest BCUT2D eigenvalue weighted by molar-refractivity contribution is 0.168. The summed E-state index contributed by atoms with van der Waals surface area (Å²) in [6.45, 7) is 1.98. The van der Waals surface area contributed by atoms with E-state index < -0.39 is 6.09 Å². The number of anilines is 1. The van der Waals surface area contributed by atoms with Gasteiger partial charge in [0.1, 0.15) is 0 Å². The van der Waals surface area contributed by atoms with Crippen molar-refractivity contribution >= 4 is 11.9 Å². The highest BCUT2D eigenvalue weighted by atomic mass is 16.5. The summed E-state index contributed by atoms with van der Waals surface area (Å²) in [5, 5.41) is 2.33. The van der Waals surface area contributed by atoms with E-state index in [0.29, 0.717) is 0 Å². The van der Waals surface area contributed by atoms with Crippen molar-refractivity contribution in [2.45, 2.75) is 6.92 Å². The van der Waals surface area contributed by atoms with E-state index in [9.17, 15) is 9.59 Å². The Morgan fingerprint density at radius 3 is 3.08 bits per heavy atom. The Kier molecular flexibility index (Phi) is 3.02. The van der Waals surface area contributed by atoms with Crippen molar-refractivity contribution in [3.63, 3.8) is 0 Å². The number of ether oxygens (including phenoxy) is 1. The average molecular weight is 183 g/mol. The molecule has 0 aliphatic carbocycles. The van der Waals surface area contributed by atoms with Gasteiger partial charge in [0.05, 0.1) is 12.8 Å². The summed E-state index contributed by atoms with van der Waals surface area (Å²) in [7, 11) is 0. The number of aromatic amines is 1. The van der Waals surface area contributed by atoms with E-state index in [1.165, 1.54) is 6.20 Å². The van der Waals surface area contributed by atoms with Crippen LogP contribution in [0.4, 0.5) is 10.6 Å². The highest BCUT2D eigenvalue weighted by Crippen LogP contribution is 1.95. The molecule has 0 unspecified atom stereocenters. The molecule has 1 heterocycles. The van der Waals surface area contributed by atoms with Crippen LogP contribution in [0, 0.1) is 0 Å². The first-order valence-corrected chi connectivity index (χ1v) is 3.71. The summed E-state index contributed by atoms with van der Waals surface area (Å²) in [4.78, 5) is 27.4. The zero-order chi connectivity index (χ0) is 9.68. The van der Waals surface area contributed by atoms with Crippen LogP contribution in [-0.2, 0) is 4.74 Å². The minimum absolute atomic E-state index is 0.248. The predicted molar refractivity (Wildman–Crippen MR) is 45.5 cm³/mol. The van der Waals surface area contributed by atoms with Gasteiger partial charge in [-0.25, -0.2) is 9.78 Å². The Morgan fingerprint density at radius 1 is 1.77 bits per heavy atom. The molecular weight excluding hydrogens is 174 g/mol. The summed E-state index contributed by atoms with van der Waals surface area (Å²) in [5.74, 6) is 0.248. The van der Waals surface area contributed by atoms with Crippen molar-refractivity contribution in [1.29, 1.82) is 0 Å². The summed E-state index contributed by atoms with van der Waals surface area (Å²) in [6.07, 6.45) is 1.77. The van der Waals surface area contributed by atoms with Crippen molar-refractivity contribution in [3.8, 4) is 0 Å². The summed E-state index contributed by atoms with van der Waals surface area (Å²) >= 11 is 0. The fourth-order valence-electron chi connectivity index (χ4n) is 0.682. The number of hydrogen-bond acceptors (Lipinski definition) is 4. The number of amides is 1. The van der Waals surface area contributed by atoms with Crippen LogP contribution >= 0.6 is 0 Å². The van der Waals surface area contributed by atoms with Gasteiger partial charge in [0.2, 0.25) is 0 Å². The second kappa shape index (κ2) is 4.24. The van der Waals surface area contributed by atoms with Crippen molar-refractivity contribution in [2.24, 2.45) is 0 Å². The van der Waals surface area contributed by atoms with Crippen LogP contribution in [0.3, 0.4) is 0 Å². The topological polar surface area (TPSA) is 84.1 Å². The Labute approximate surface area is 74.0 Å². The number of hydrogen-bond donors (Lipinski definition) is 2. The van der Waals surface area contributed by atoms with E-state index >= 15 is 0 Å². The summed E-state index contributed by atoms with van der Waals surface area (Å²) in [5.41, 5.74) is -0.325. The van der Waals surface area contributed by atoms with Crippen LogP contribution in [-0.4, -0.2) is 22.7 Å². The first-order chi connectivity index (χ1) is 6.22. The smallest absolute Gasteiger partial charge is 0.412 e. The minimum Gasteiger partial charge on any atom is -0.450 e. The van der Waals surface area contributed by atoms with Crippen molar-refractivity contribution in [2.75, 3.05) is 11.9 Å². The first kappa shape index (κ1) is 9.24. The van der Waals surface area contributed by atoms with Gasteiger partial charge in [-0.05, 0) is 6.92 Å². The molecule has 70 valence electrons. The van der Waals surface area contributed by atoms with E-state index in [1.807, 2.05) is 0 Å². The standard InChI is InChI=1S/C7H9N3O3/c1-2-13-7(12)10-5-3-9-6(11)4-8-5/h3-4H,2H2,1H3,(H,9,11)(H,8,10,12). The molecule has 0 aliphatic heterocycles. The van der Waals surface area contributed by atoms with Crippen molar-refractivity contribution in [3.05, 3.63) is 22.7 Å². The quantitative estimate of drug-likeness (QED) is 0.692. The molecule has 0 aliphatic rings. The van der Waals surface area contributed by atoms with E-state index in [1.54, 1.807) is 6.92 Å². The summed E-state index contributed by atoms with van der Waals surface area (Å²) in [6, 6.07) is 0. The maximum Gasteiger partial charge on any atom is 0.412 e. The largest absolute Gasteiger partial charge is 0.450 e. The molecule has 6 heteroatoms. The van der Waals surface area contributed by atoms with Crippen molar-refractivity contribution in [1.82, 2.24) is 9.97 Å². The Morgan fingerprint density at radius 2 is 2.54 bits per heavy atom. The van der Waals surface area contributed by atoms with E-state index in [0.717, 1.165) is 6.20 Å². The molecule has 1 aromatic rings. The van der Waals surface area contributed by atoms with Gasteiger partial charge in [0, 0.05) is 6.20 Å². The molecule has 1 aromatic heterocycles. The van der Waals surface area contributed by atoms with Gasteiger partial charge >= 0.3 is 6.09 Å². The fraction of sp³-hybridized carbons (Fsp3) is 0.286. The van der Waals surface area contributed by atoms with Crippen LogP contribution in [0.1, 0.15) is 6.92 Å². The molecule has 0 radical (unpaired) electrons. The second-order valence-corrected chi connectivity index (χ2v) is 2.14. The van der Waals surface area contributed by atoms with Crippen LogP contribution in [0.15, 0.2) is 17.2 Å². The second-order valence-electron chi connectivity index (χ2n) is 2.14. The number of rotatable bonds is 2. The highest BCUT2D eigenvalue weighted by Gasteiger charge is 2.01. The van der Waals surface area contributed by atoms with Crippen LogP contribution < -0.4 is 10.9 Å². The summed E-state index contributed by atoms with van der Waals surface area (Å²) < 4.78 is 4.59. The Hall–Kier alpha value is -1.85. The van der Waals surface area contributed by atoms with Gasteiger partial charge in [-0.2, -0.15) is 0 Å². The van der Waals surface area contributed by atoms with E-state index in [-0.39, 0.29) is 18.0 Å². The molecule has 13 heavy (non-hydrogen) atoms. The Bertz CT molecular complexity index is 327. The van der Waals surface area contributed by atoms with Gasteiger partial charge in [0.15, 0.2) is 5.82 Å². The molecule has 6 nitrogen and oxygen atoms in total. The normalized spacial score (nSPS) is 9.31. The Balaban J connectivity index is 2.59. The molecule has 0 saturated carbocycles. The monoisotopic (exact) mass is 183 g/mol. The molecular formula is C7H9N3O3. The van der Waals surface area contributed by atoms with Crippen LogP contribution in [0.25, 0.3) is 0 Å². The number of H-pyrrole nitrogens is 1. The minimum atomic E-state index is -0.595. The van der Waals surface area contributed by atoms with Crippen LogP contribution in [0.5, 0.6) is 0 Å². The van der Waals surface area contributed by atoms with Gasteiger partial charge in [-0.3, -0.25) is 10.1 Å². The molecule has 1 rings (SSSR count). The van der Waals surface area contributed by atoms with Crippen molar-refractivity contribution < 1.29 is 9.53 Å². The predicted octanol–water partition coefficient (Wildman–Crippen LogP) is 0.338. The number of nitrogens with zero attached hydrogens (tertiary/aromatic N) is 1. The molecule has 0 bridgehead atoms. The number of carbonyl (C=O) groups excluding carboxylic acids is 1. The molecule has 0 spiro atoms. The maximum atomic E-state index is 10.8. The average Bonchev–Trinajstić information content (AvgIpc) is 2.09. The van der Waals surface area contributed by atoms with E-state index in [4.69, 9.17) is 0 Å². The highest BCUT2D eigenvalue weighted by molar-refractivity contribution is 5.82. The van der Waals surface area contributed by atoms with Gasteiger partial charge in [-0.15, -0.1) is 0 Å². The first-order valence-electron chi connectivity index (χ1n) is 3.71. The van der Waals surface area contributed by atoms with Gasteiger partial charge in [-0.1, -0.05) is 0 Å². The third kappa shape index (κ3) is 2.94. The molecule has 0 fully saturated rings. The molecule has 0 atom stereocenters. The maximum absolute atomic E-state index is 10.8. The lowest BCUT2D eigenvalue weighted by Gasteiger charge is -2.02. The number of nitrogens with one attached hydrogen (secondary N) is 2. The zero-order valence-corrected chi connectivity index (χ0v) is 7.03. The number of aromatic nitrogens is 2. The molecule has 1 amide bonds. The van der Waals surface area contributed by atoms with Crippen LogP contribution in [0.2, 0.25) is 0 Å². The molecule has 0 saturated heterocycles. The van der Waals surface area contributed by atoms with Gasteiger partial charge < -0.3 is 9.72 Å². The SMILES string of the molecule is CCOC(=O)Nc1c[nH]c(=O)cn1. The third-order valence-electron chi connectivity index (χ3n) is 1.18.